The number of nitrogens with one attached hydrogen (secondary N) is 2. The van der Waals surface area contributed by atoms with Crippen LogP contribution in [0, 0.1) is 0 Å². The monoisotopic (exact) mass is 409 g/mol. The summed E-state index contributed by atoms with van der Waals surface area (Å²) in [6.07, 6.45) is -1.52. The first kappa shape index (κ1) is 24.1. The lowest BCUT2D eigenvalue weighted by molar-refractivity contribution is 0.0545. The summed E-state index contributed by atoms with van der Waals surface area (Å²) in [6, 6.07) is 5.34. The van der Waals surface area contributed by atoms with Crippen molar-refractivity contribution in [1.29, 1.82) is 0 Å². The Morgan fingerprint density at radius 1 is 0.897 bits per heavy atom. The number of benzene rings is 1. The van der Waals surface area contributed by atoms with E-state index < -0.39 is 23.4 Å². The number of alkyl carbamates (subject to hydrolysis) is 2. The second kappa shape index (κ2) is 9.99. The molecular formula is C20H31N3O6. The van der Waals surface area contributed by atoms with Crippen molar-refractivity contribution in [3.8, 4) is 11.5 Å². The highest BCUT2D eigenvalue weighted by Gasteiger charge is 2.21. The van der Waals surface area contributed by atoms with Crippen molar-refractivity contribution in [2.24, 2.45) is 4.99 Å². The number of methoxy groups -OCH3 is 2. The number of rotatable bonds is 4. The van der Waals surface area contributed by atoms with Gasteiger partial charge in [0.05, 0.1) is 20.8 Å². The topological polar surface area (TPSA) is 107 Å². The quantitative estimate of drug-likeness (QED) is 0.581. The Hall–Kier alpha value is -2.97. The van der Waals surface area contributed by atoms with Gasteiger partial charge in [0.25, 0.3) is 0 Å². The third kappa shape index (κ3) is 9.18. The summed E-state index contributed by atoms with van der Waals surface area (Å²) in [7, 11) is 3.05. The van der Waals surface area contributed by atoms with Crippen LogP contribution in [0.25, 0.3) is 0 Å². The molecule has 29 heavy (non-hydrogen) atoms. The largest absolute Gasteiger partial charge is 0.493 e. The maximum atomic E-state index is 12.1. The van der Waals surface area contributed by atoms with E-state index in [-0.39, 0.29) is 12.5 Å². The first-order chi connectivity index (χ1) is 13.3. The Labute approximate surface area is 171 Å². The second-order valence-corrected chi connectivity index (χ2v) is 8.07. The Kier molecular flexibility index (Phi) is 8.29. The molecule has 1 aromatic rings. The molecule has 2 amide bonds. The molecule has 0 fully saturated rings. The molecule has 0 radical (unpaired) electrons. The van der Waals surface area contributed by atoms with Gasteiger partial charge in [0.15, 0.2) is 11.5 Å². The minimum absolute atomic E-state index is 0.0985. The lowest BCUT2D eigenvalue weighted by atomic mass is 10.2. The average Bonchev–Trinajstić information content (AvgIpc) is 2.55. The van der Waals surface area contributed by atoms with Gasteiger partial charge >= 0.3 is 12.2 Å². The fraction of sp³-hybridized carbons (Fsp3) is 0.550. The third-order valence-electron chi connectivity index (χ3n) is 3.13. The minimum atomic E-state index is -0.759. The van der Waals surface area contributed by atoms with Crippen LogP contribution in [0.4, 0.5) is 9.59 Å². The van der Waals surface area contributed by atoms with Crippen molar-refractivity contribution in [1.82, 2.24) is 10.6 Å². The van der Waals surface area contributed by atoms with Crippen LogP contribution >= 0.6 is 0 Å². The van der Waals surface area contributed by atoms with Gasteiger partial charge in [-0.05, 0) is 47.6 Å². The molecule has 0 aliphatic rings. The number of hydrogen-bond donors (Lipinski definition) is 2. The van der Waals surface area contributed by atoms with E-state index in [0.717, 1.165) is 0 Å². The summed E-state index contributed by atoms with van der Waals surface area (Å²) in [4.78, 5) is 28.5. The predicted molar refractivity (Wildman–Crippen MR) is 109 cm³/mol. The maximum absolute atomic E-state index is 12.1. The van der Waals surface area contributed by atoms with Crippen molar-refractivity contribution in [2.75, 3.05) is 14.2 Å². The number of nitrogens with zero attached hydrogens (tertiary/aromatic N) is 1. The molecule has 0 aliphatic heterocycles. The molecule has 1 rings (SSSR count). The van der Waals surface area contributed by atoms with E-state index in [2.05, 4.69) is 15.6 Å². The van der Waals surface area contributed by atoms with Crippen LogP contribution in [0.1, 0.15) is 47.1 Å². The van der Waals surface area contributed by atoms with E-state index in [4.69, 9.17) is 18.9 Å². The predicted octanol–water partition coefficient (Wildman–Crippen LogP) is 3.61. The summed E-state index contributed by atoms with van der Waals surface area (Å²) in [6.45, 7) is 10.5. The van der Waals surface area contributed by atoms with Gasteiger partial charge < -0.3 is 18.9 Å². The van der Waals surface area contributed by atoms with E-state index in [0.29, 0.717) is 17.1 Å². The molecule has 9 heteroatoms. The van der Waals surface area contributed by atoms with Crippen LogP contribution in [-0.4, -0.2) is 43.6 Å². The molecule has 1 aromatic carbocycles. The van der Waals surface area contributed by atoms with Crippen molar-refractivity contribution >= 4 is 18.1 Å². The number of hydrogen-bond acceptors (Lipinski definition) is 7. The van der Waals surface area contributed by atoms with E-state index in [1.807, 2.05) is 0 Å². The van der Waals surface area contributed by atoms with Gasteiger partial charge in [-0.1, -0.05) is 12.1 Å². The van der Waals surface area contributed by atoms with Crippen LogP contribution in [0.15, 0.2) is 23.2 Å². The van der Waals surface area contributed by atoms with Crippen LogP contribution < -0.4 is 20.1 Å². The molecule has 0 heterocycles. The van der Waals surface area contributed by atoms with Gasteiger partial charge in [-0.25, -0.2) is 14.6 Å². The molecule has 0 saturated carbocycles. The smallest absolute Gasteiger partial charge is 0.414 e. The Bertz CT molecular complexity index is 716. The molecule has 0 aromatic heterocycles. The fourth-order valence-electron chi connectivity index (χ4n) is 2.15. The Morgan fingerprint density at radius 3 is 1.83 bits per heavy atom. The highest BCUT2D eigenvalue weighted by molar-refractivity contribution is 6.01. The Morgan fingerprint density at radius 2 is 1.41 bits per heavy atom. The van der Waals surface area contributed by atoms with Crippen LogP contribution in [0.2, 0.25) is 0 Å². The summed E-state index contributed by atoms with van der Waals surface area (Å²) in [5, 5.41) is 4.86. The standard InChI is InChI=1S/C20H31N3O6/c1-19(2,3)28-17(24)22-16(23-18(25)29-20(4,5)6)21-12-13-10-9-11-14(26-7)15(13)27-8/h9-11H,12H2,1-8H3,(H2,21,22,23,24,25). The lowest BCUT2D eigenvalue weighted by Crippen LogP contribution is -2.47. The van der Waals surface area contributed by atoms with E-state index in [1.54, 1.807) is 59.7 Å². The average molecular weight is 409 g/mol. The summed E-state index contributed by atoms with van der Waals surface area (Å²) in [5.74, 6) is 0.938. The number of para-hydroxylation sites is 1. The highest BCUT2D eigenvalue weighted by atomic mass is 16.6. The van der Waals surface area contributed by atoms with Gasteiger partial charge in [-0.15, -0.1) is 0 Å². The minimum Gasteiger partial charge on any atom is -0.493 e. The molecule has 2 N–H and O–H groups in total. The second-order valence-electron chi connectivity index (χ2n) is 8.07. The zero-order valence-corrected chi connectivity index (χ0v) is 18.3. The number of carbonyl (C=O) groups is 2. The first-order valence-electron chi connectivity index (χ1n) is 9.09. The number of amides is 2. The molecule has 0 saturated heterocycles. The van der Waals surface area contributed by atoms with Crippen LogP contribution in [-0.2, 0) is 16.0 Å². The van der Waals surface area contributed by atoms with Gasteiger partial charge in [0.2, 0.25) is 5.96 Å². The number of ether oxygens (including phenoxy) is 4. The van der Waals surface area contributed by atoms with Crippen molar-refractivity contribution in [3.63, 3.8) is 0 Å². The van der Waals surface area contributed by atoms with Crippen molar-refractivity contribution in [2.45, 2.75) is 59.3 Å². The third-order valence-corrected chi connectivity index (χ3v) is 3.13. The van der Waals surface area contributed by atoms with Crippen LogP contribution in [0.5, 0.6) is 11.5 Å². The zero-order valence-electron chi connectivity index (χ0n) is 18.3. The summed E-state index contributed by atoms with van der Waals surface area (Å²) in [5.41, 5.74) is -0.727. The van der Waals surface area contributed by atoms with Crippen molar-refractivity contribution in [3.05, 3.63) is 23.8 Å². The number of aliphatic imine (C=N–C) groups is 1. The zero-order chi connectivity index (χ0) is 22.2. The van der Waals surface area contributed by atoms with Gasteiger partial charge in [0.1, 0.15) is 11.2 Å². The fourth-order valence-corrected chi connectivity index (χ4v) is 2.15. The van der Waals surface area contributed by atoms with E-state index in [1.165, 1.54) is 14.2 Å². The van der Waals surface area contributed by atoms with Gasteiger partial charge in [-0.3, -0.25) is 10.6 Å². The number of guanidine groups is 1. The Balaban J connectivity index is 3.06. The maximum Gasteiger partial charge on any atom is 0.414 e. The van der Waals surface area contributed by atoms with Crippen molar-refractivity contribution < 1.29 is 28.5 Å². The molecular weight excluding hydrogens is 378 g/mol. The molecule has 0 spiro atoms. The van der Waals surface area contributed by atoms with E-state index >= 15 is 0 Å². The lowest BCUT2D eigenvalue weighted by Gasteiger charge is -2.22. The molecule has 0 unspecified atom stereocenters. The summed E-state index contributed by atoms with van der Waals surface area (Å²) < 4.78 is 21.1. The van der Waals surface area contributed by atoms with Gasteiger partial charge in [-0.2, -0.15) is 0 Å². The number of carbonyl (C=O) groups excluding carboxylic acids is 2. The first-order valence-corrected chi connectivity index (χ1v) is 9.09. The molecule has 0 aliphatic carbocycles. The normalized spacial score (nSPS) is 11.2. The molecule has 0 bridgehead atoms. The molecule has 9 nitrogen and oxygen atoms in total. The van der Waals surface area contributed by atoms with Crippen LogP contribution in [0.3, 0.4) is 0 Å². The molecule has 0 atom stereocenters. The summed E-state index contributed by atoms with van der Waals surface area (Å²) >= 11 is 0. The SMILES string of the molecule is COc1cccc(CN=C(NC(=O)OC(C)(C)C)NC(=O)OC(C)(C)C)c1OC. The van der Waals surface area contributed by atoms with Gasteiger partial charge in [0, 0.05) is 5.56 Å². The van der Waals surface area contributed by atoms with E-state index in [9.17, 15) is 9.59 Å². The molecule has 162 valence electrons. The highest BCUT2D eigenvalue weighted by Crippen LogP contribution is 2.31.